The van der Waals surface area contributed by atoms with Crippen LogP contribution in [0.15, 0.2) is 66.9 Å². The molecule has 0 aliphatic heterocycles. The lowest BCUT2D eigenvalue weighted by Crippen LogP contribution is -2.08. The van der Waals surface area contributed by atoms with Crippen LogP contribution < -0.4 is 0 Å². The fraction of sp³-hybridized carbons (Fsp3) is 0.261. The molecule has 1 nitrogen and oxygen atoms in total. The van der Waals surface area contributed by atoms with Gasteiger partial charge < -0.3 is 0 Å². The predicted molar refractivity (Wildman–Crippen MR) is 103 cm³/mol. The third kappa shape index (κ3) is 3.91. The van der Waals surface area contributed by atoms with Gasteiger partial charge in [-0.3, -0.25) is 4.98 Å². The largest absolute Gasteiger partial charge is 0.256 e. The summed E-state index contributed by atoms with van der Waals surface area (Å²) in [5.74, 6) is 0. The fourth-order valence-corrected chi connectivity index (χ4v) is 3.05. The highest BCUT2D eigenvalue weighted by Gasteiger charge is 2.11. The van der Waals surface area contributed by atoms with E-state index in [1.807, 2.05) is 6.20 Å². The molecular formula is C23H25N. The maximum atomic E-state index is 4.56. The van der Waals surface area contributed by atoms with Crippen LogP contribution in [0.4, 0.5) is 0 Å². The number of nitrogens with zero attached hydrogens (tertiary/aromatic N) is 1. The molecular weight excluding hydrogens is 290 g/mol. The molecule has 0 amide bonds. The topological polar surface area (TPSA) is 12.9 Å². The monoisotopic (exact) mass is 315 g/mol. The molecule has 0 saturated heterocycles. The molecule has 0 atom stereocenters. The molecule has 0 unspecified atom stereocenters. The Kier molecular flexibility index (Phi) is 4.53. The number of pyridine rings is 1. The van der Waals surface area contributed by atoms with E-state index in [-0.39, 0.29) is 0 Å². The van der Waals surface area contributed by atoms with Crippen LogP contribution in [-0.4, -0.2) is 4.98 Å². The highest BCUT2D eigenvalue weighted by Crippen LogP contribution is 2.28. The van der Waals surface area contributed by atoms with E-state index in [0.29, 0.717) is 5.41 Å². The summed E-state index contributed by atoms with van der Waals surface area (Å²) in [6.45, 7) is 8.96. The van der Waals surface area contributed by atoms with Gasteiger partial charge in [0, 0.05) is 11.8 Å². The van der Waals surface area contributed by atoms with Crippen molar-refractivity contribution in [3.05, 3.63) is 78.0 Å². The predicted octanol–water partition coefficient (Wildman–Crippen LogP) is 6.31. The van der Waals surface area contributed by atoms with E-state index in [0.717, 1.165) is 12.1 Å². The third-order valence-corrected chi connectivity index (χ3v) is 4.20. The summed E-state index contributed by atoms with van der Waals surface area (Å²) in [6.07, 6.45) is 3.00. The SMILES string of the molecule is Cc1ccccc1-c1cc(-c2ccc(CC(C)(C)C)cc2)ccn1. The zero-order chi connectivity index (χ0) is 17.2. The Morgan fingerprint density at radius 2 is 1.54 bits per heavy atom. The van der Waals surface area contributed by atoms with Gasteiger partial charge >= 0.3 is 0 Å². The average molecular weight is 315 g/mol. The van der Waals surface area contributed by atoms with Crippen molar-refractivity contribution in [2.24, 2.45) is 5.41 Å². The minimum absolute atomic E-state index is 0.316. The van der Waals surface area contributed by atoms with E-state index in [4.69, 9.17) is 0 Å². The lowest BCUT2D eigenvalue weighted by Gasteiger charge is -2.18. The molecule has 122 valence electrons. The second kappa shape index (κ2) is 6.60. The average Bonchev–Trinajstić information content (AvgIpc) is 2.55. The highest BCUT2D eigenvalue weighted by molar-refractivity contribution is 5.71. The summed E-state index contributed by atoms with van der Waals surface area (Å²) < 4.78 is 0. The summed E-state index contributed by atoms with van der Waals surface area (Å²) in [4.78, 5) is 4.56. The van der Waals surface area contributed by atoms with Crippen molar-refractivity contribution in [1.29, 1.82) is 0 Å². The zero-order valence-electron chi connectivity index (χ0n) is 15.0. The number of rotatable bonds is 3. The molecule has 1 aromatic heterocycles. The van der Waals surface area contributed by atoms with Gasteiger partial charge in [-0.05, 0) is 53.1 Å². The lowest BCUT2D eigenvalue weighted by molar-refractivity contribution is 0.411. The first-order chi connectivity index (χ1) is 11.4. The van der Waals surface area contributed by atoms with E-state index in [1.54, 1.807) is 0 Å². The molecule has 0 fully saturated rings. The Balaban J connectivity index is 1.91. The van der Waals surface area contributed by atoms with Crippen LogP contribution in [0.1, 0.15) is 31.9 Å². The summed E-state index contributed by atoms with van der Waals surface area (Å²) in [7, 11) is 0. The Labute approximate surface area is 145 Å². The van der Waals surface area contributed by atoms with Crippen molar-refractivity contribution in [1.82, 2.24) is 4.98 Å². The molecule has 0 radical (unpaired) electrons. The molecule has 24 heavy (non-hydrogen) atoms. The van der Waals surface area contributed by atoms with Gasteiger partial charge in [0.2, 0.25) is 0 Å². The zero-order valence-corrected chi connectivity index (χ0v) is 15.0. The molecule has 0 spiro atoms. The first-order valence-corrected chi connectivity index (χ1v) is 8.54. The summed E-state index contributed by atoms with van der Waals surface area (Å²) in [6, 6.07) is 21.6. The Hall–Kier alpha value is -2.41. The van der Waals surface area contributed by atoms with E-state index < -0.39 is 0 Å². The summed E-state index contributed by atoms with van der Waals surface area (Å²) in [5.41, 5.74) is 7.64. The summed E-state index contributed by atoms with van der Waals surface area (Å²) >= 11 is 0. The van der Waals surface area contributed by atoms with Crippen LogP contribution in [0.2, 0.25) is 0 Å². The normalized spacial score (nSPS) is 11.5. The van der Waals surface area contributed by atoms with Crippen LogP contribution in [0.25, 0.3) is 22.4 Å². The van der Waals surface area contributed by atoms with E-state index in [2.05, 4.69) is 93.3 Å². The molecule has 1 heterocycles. The van der Waals surface area contributed by atoms with Crippen molar-refractivity contribution < 1.29 is 0 Å². The van der Waals surface area contributed by atoms with E-state index >= 15 is 0 Å². The molecule has 0 aliphatic carbocycles. The molecule has 0 N–H and O–H groups in total. The number of aryl methyl sites for hydroxylation is 1. The van der Waals surface area contributed by atoms with Gasteiger partial charge in [-0.1, -0.05) is 69.3 Å². The maximum Gasteiger partial charge on any atom is 0.0710 e. The Morgan fingerprint density at radius 3 is 2.21 bits per heavy atom. The molecule has 2 aromatic carbocycles. The number of hydrogen-bond acceptors (Lipinski definition) is 1. The molecule has 3 aromatic rings. The Morgan fingerprint density at radius 1 is 0.833 bits per heavy atom. The second-order valence-corrected chi connectivity index (χ2v) is 7.68. The Bertz CT molecular complexity index is 823. The van der Waals surface area contributed by atoms with Crippen LogP contribution >= 0.6 is 0 Å². The van der Waals surface area contributed by atoms with Gasteiger partial charge in [0.1, 0.15) is 0 Å². The third-order valence-electron chi connectivity index (χ3n) is 4.20. The van der Waals surface area contributed by atoms with Crippen LogP contribution in [0.3, 0.4) is 0 Å². The maximum absolute atomic E-state index is 4.56. The second-order valence-electron chi connectivity index (χ2n) is 7.68. The van der Waals surface area contributed by atoms with Gasteiger partial charge in [0.15, 0.2) is 0 Å². The highest BCUT2D eigenvalue weighted by atomic mass is 14.7. The van der Waals surface area contributed by atoms with Gasteiger partial charge in [-0.2, -0.15) is 0 Å². The van der Waals surface area contributed by atoms with Crippen LogP contribution in [-0.2, 0) is 6.42 Å². The van der Waals surface area contributed by atoms with Gasteiger partial charge in [0.25, 0.3) is 0 Å². The molecule has 1 heteroatoms. The van der Waals surface area contributed by atoms with Crippen LogP contribution in [0.5, 0.6) is 0 Å². The molecule has 3 rings (SSSR count). The minimum atomic E-state index is 0.316. The number of aromatic nitrogens is 1. The first kappa shape index (κ1) is 16.4. The standard InChI is InChI=1S/C23H25N/c1-17-7-5-6-8-21(17)22-15-20(13-14-24-22)19-11-9-18(10-12-19)16-23(2,3)4/h5-15H,16H2,1-4H3. The molecule has 0 saturated carbocycles. The number of hydrogen-bond donors (Lipinski definition) is 0. The molecule has 0 bridgehead atoms. The minimum Gasteiger partial charge on any atom is -0.256 e. The van der Waals surface area contributed by atoms with Crippen molar-refractivity contribution in [3.63, 3.8) is 0 Å². The van der Waals surface area contributed by atoms with Gasteiger partial charge in [-0.25, -0.2) is 0 Å². The van der Waals surface area contributed by atoms with Crippen molar-refractivity contribution in [3.8, 4) is 22.4 Å². The van der Waals surface area contributed by atoms with Crippen LogP contribution in [0, 0.1) is 12.3 Å². The van der Waals surface area contributed by atoms with Crippen molar-refractivity contribution in [2.75, 3.05) is 0 Å². The summed E-state index contributed by atoms with van der Waals surface area (Å²) in [5, 5.41) is 0. The van der Waals surface area contributed by atoms with E-state index in [1.165, 1.54) is 27.8 Å². The number of benzene rings is 2. The van der Waals surface area contributed by atoms with Crippen molar-refractivity contribution >= 4 is 0 Å². The lowest BCUT2D eigenvalue weighted by atomic mass is 9.87. The first-order valence-electron chi connectivity index (χ1n) is 8.54. The van der Waals surface area contributed by atoms with E-state index in [9.17, 15) is 0 Å². The smallest absolute Gasteiger partial charge is 0.0710 e. The fourth-order valence-electron chi connectivity index (χ4n) is 3.05. The van der Waals surface area contributed by atoms with Crippen molar-refractivity contribution in [2.45, 2.75) is 34.1 Å². The van der Waals surface area contributed by atoms with Gasteiger partial charge in [-0.15, -0.1) is 0 Å². The van der Waals surface area contributed by atoms with Gasteiger partial charge in [0.05, 0.1) is 5.69 Å². The quantitative estimate of drug-likeness (QED) is 0.551. The molecule has 0 aliphatic rings.